The lowest BCUT2D eigenvalue weighted by atomic mass is 10.2. The fourth-order valence-electron chi connectivity index (χ4n) is 2.73. The maximum atomic E-state index is 12.3. The van der Waals surface area contributed by atoms with Crippen molar-refractivity contribution in [3.05, 3.63) is 71.5 Å². The SMILES string of the molecule is COc1ccc(Cn2cc(CO)nc2SCC(=O)Nc2ccc(C(N)=O)cc2)cc1. The van der Waals surface area contributed by atoms with E-state index >= 15 is 0 Å². The fraction of sp³-hybridized carbons (Fsp3) is 0.190. The first kappa shape index (κ1) is 21.4. The van der Waals surface area contributed by atoms with Gasteiger partial charge < -0.3 is 25.5 Å². The number of primary amides is 1. The van der Waals surface area contributed by atoms with Gasteiger partial charge in [-0.15, -0.1) is 0 Å². The molecule has 1 aromatic heterocycles. The monoisotopic (exact) mass is 426 g/mol. The molecule has 0 radical (unpaired) electrons. The van der Waals surface area contributed by atoms with Crippen molar-refractivity contribution in [2.45, 2.75) is 18.3 Å². The van der Waals surface area contributed by atoms with Crippen molar-refractivity contribution in [2.75, 3.05) is 18.2 Å². The Hall–Kier alpha value is -3.30. The second-order valence-corrected chi connectivity index (χ2v) is 7.37. The largest absolute Gasteiger partial charge is 0.497 e. The third-order valence-corrected chi connectivity index (χ3v) is 5.24. The molecule has 0 aliphatic rings. The number of imidazole rings is 1. The van der Waals surface area contributed by atoms with Crippen LogP contribution < -0.4 is 15.8 Å². The molecule has 1 heterocycles. The second-order valence-electron chi connectivity index (χ2n) is 6.43. The van der Waals surface area contributed by atoms with E-state index < -0.39 is 5.91 Å². The molecule has 0 unspecified atom stereocenters. The zero-order valence-electron chi connectivity index (χ0n) is 16.4. The molecular weight excluding hydrogens is 404 g/mol. The molecule has 2 amide bonds. The van der Waals surface area contributed by atoms with Gasteiger partial charge in [0, 0.05) is 24.0 Å². The highest BCUT2D eigenvalue weighted by molar-refractivity contribution is 7.99. The van der Waals surface area contributed by atoms with E-state index in [0.29, 0.717) is 28.6 Å². The third kappa shape index (κ3) is 5.62. The van der Waals surface area contributed by atoms with Crippen molar-refractivity contribution in [3.8, 4) is 5.75 Å². The van der Waals surface area contributed by atoms with Crippen LogP contribution in [0.1, 0.15) is 21.6 Å². The van der Waals surface area contributed by atoms with Gasteiger partial charge in [0.25, 0.3) is 0 Å². The molecule has 0 spiro atoms. The number of aliphatic hydroxyl groups excluding tert-OH is 1. The smallest absolute Gasteiger partial charge is 0.248 e. The second kappa shape index (κ2) is 9.95. The number of hydrogen-bond acceptors (Lipinski definition) is 6. The normalized spacial score (nSPS) is 10.6. The number of nitrogens with two attached hydrogens (primary N) is 1. The zero-order valence-corrected chi connectivity index (χ0v) is 17.2. The number of nitrogens with zero attached hydrogens (tertiary/aromatic N) is 2. The molecule has 2 aromatic carbocycles. The summed E-state index contributed by atoms with van der Waals surface area (Å²) < 4.78 is 7.07. The van der Waals surface area contributed by atoms with Gasteiger partial charge in [-0.05, 0) is 42.0 Å². The summed E-state index contributed by atoms with van der Waals surface area (Å²) in [5.74, 6) is 0.181. The number of thioether (sulfide) groups is 1. The molecule has 4 N–H and O–H groups in total. The van der Waals surface area contributed by atoms with Crippen LogP contribution in [0.25, 0.3) is 0 Å². The van der Waals surface area contributed by atoms with Crippen molar-refractivity contribution in [2.24, 2.45) is 5.73 Å². The van der Waals surface area contributed by atoms with E-state index in [2.05, 4.69) is 10.3 Å². The van der Waals surface area contributed by atoms with Gasteiger partial charge in [0.15, 0.2) is 5.16 Å². The number of rotatable bonds is 9. The van der Waals surface area contributed by atoms with E-state index in [1.807, 2.05) is 28.8 Å². The van der Waals surface area contributed by atoms with Crippen LogP contribution in [0.5, 0.6) is 5.75 Å². The number of benzene rings is 2. The van der Waals surface area contributed by atoms with Crippen LogP contribution in [-0.2, 0) is 17.9 Å². The van der Waals surface area contributed by atoms with Gasteiger partial charge >= 0.3 is 0 Å². The quantitative estimate of drug-likeness (QED) is 0.452. The molecule has 3 aromatic rings. The molecule has 30 heavy (non-hydrogen) atoms. The molecular formula is C21H22N4O4S. The Kier molecular flexibility index (Phi) is 7.10. The van der Waals surface area contributed by atoms with E-state index in [-0.39, 0.29) is 18.3 Å². The van der Waals surface area contributed by atoms with Crippen molar-refractivity contribution in [1.29, 1.82) is 0 Å². The number of carbonyl (C=O) groups excluding carboxylic acids is 2. The molecule has 0 fully saturated rings. The molecule has 0 saturated heterocycles. The Morgan fingerprint density at radius 1 is 1.17 bits per heavy atom. The van der Waals surface area contributed by atoms with Gasteiger partial charge in [0.05, 0.1) is 25.2 Å². The summed E-state index contributed by atoms with van der Waals surface area (Å²) in [4.78, 5) is 27.8. The molecule has 3 rings (SSSR count). The number of aromatic nitrogens is 2. The Morgan fingerprint density at radius 2 is 1.87 bits per heavy atom. The molecule has 0 bridgehead atoms. The van der Waals surface area contributed by atoms with Crippen LogP contribution in [0.2, 0.25) is 0 Å². The van der Waals surface area contributed by atoms with E-state index in [0.717, 1.165) is 11.3 Å². The average Bonchev–Trinajstić information content (AvgIpc) is 3.15. The van der Waals surface area contributed by atoms with Crippen LogP contribution in [0, 0.1) is 0 Å². The average molecular weight is 426 g/mol. The first-order chi connectivity index (χ1) is 14.5. The zero-order chi connectivity index (χ0) is 21.5. The predicted octanol–water partition coefficient (Wildman–Crippen LogP) is 2.26. The summed E-state index contributed by atoms with van der Waals surface area (Å²) in [6.07, 6.45) is 1.77. The highest BCUT2D eigenvalue weighted by atomic mass is 32.2. The number of ether oxygens (including phenoxy) is 1. The molecule has 156 valence electrons. The minimum atomic E-state index is -0.521. The number of hydrogen-bond donors (Lipinski definition) is 3. The highest BCUT2D eigenvalue weighted by Gasteiger charge is 2.12. The van der Waals surface area contributed by atoms with E-state index in [1.165, 1.54) is 11.8 Å². The lowest BCUT2D eigenvalue weighted by molar-refractivity contribution is -0.113. The number of methoxy groups -OCH3 is 1. The molecule has 0 saturated carbocycles. The van der Waals surface area contributed by atoms with Gasteiger partial charge in [-0.2, -0.15) is 0 Å². The van der Waals surface area contributed by atoms with Gasteiger partial charge in [-0.3, -0.25) is 9.59 Å². The van der Waals surface area contributed by atoms with Crippen molar-refractivity contribution < 1.29 is 19.4 Å². The predicted molar refractivity (Wildman–Crippen MR) is 115 cm³/mol. The van der Waals surface area contributed by atoms with Gasteiger partial charge in [-0.25, -0.2) is 4.98 Å². The maximum Gasteiger partial charge on any atom is 0.248 e. The summed E-state index contributed by atoms with van der Waals surface area (Å²) in [5, 5.41) is 12.8. The number of amides is 2. The summed E-state index contributed by atoms with van der Waals surface area (Å²) in [6.45, 7) is 0.372. The van der Waals surface area contributed by atoms with Crippen LogP contribution in [-0.4, -0.2) is 39.3 Å². The molecule has 0 aliphatic heterocycles. The van der Waals surface area contributed by atoms with Crippen LogP contribution in [0.3, 0.4) is 0 Å². The maximum absolute atomic E-state index is 12.3. The van der Waals surface area contributed by atoms with Crippen LogP contribution in [0.4, 0.5) is 5.69 Å². The summed E-state index contributed by atoms with van der Waals surface area (Å²) in [7, 11) is 1.62. The van der Waals surface area contributed by atoms with Gasteiger partial charge in [-0.1, -0.05) is 23.9 Å². The van der Waals surface area contributed by atoms with E-state index in [4.69, 9.17) is 10.5 Å². The molecule has 8 nitrogen and oxygen atoms in total. The van der Waals surface area contributed by atoms with E-state index in [9.17, 15) is 14.7 Å². The number of nitrogens with one attached hydrogen (secondary N) is 1. The van der Waals surface area contributed by atoms with E-state index in [1.54, 1.807) is 37.6 Å². The Bertz CT molecular complexity index is 1020. The lowest BCUT2D eigenvalue weighted by Gasteiger charge is -2.09. The molecule has 0 atom stereocenters. The van der Waals surface area contributed by atoms with Crippen LogP contribution in [0.15, 0.2) is 59.9 Å². The van der Waals surface area contributed by atoms with Gasteiger partial charge in [0.2, 0.25) is 11.8 Å². The summed E-state index contributed by atoms with van der Waals surface area (Å²) in [5.41, 5.74) is 7.73. The Labute approximate surface area is 178 Å². The number of anilines is 1. The molecule has 9 heteroatoms. The van der Waals surface area contributed by atoms with Gasteiger partial charge in [0.1, 0.15) is 5.75 Å². The standard InChI is InChI=1S/C21H22N4O4S/c1-29-18-8-2-14(3-9-18)10-25-11-17(12-26)24-21(25)30-13-19(27)23-16-6-4-15(5-7-16)20(22)28/h2-9,11,26H,10,12-13H2,1H3,(H2,22,28)(H,23,27). The first-order valence-electron chi connectivity index (χ1n) is 9.11. The molecule has 0 aliphatic carbocycles. The Morgan fingerprint density at radius 3 is 2.47 bits per heavy atom. The minimum Gasteiger partial charge on any atom is -0.497 e. The third-order valence-electron chi connectivity index (χ3n) is 4.25. The lowest BCUT2D eigenvalue weighted by Crippen LogP contribution is -2.15. The summed E-state index contributed by atoms with van der Waals surface area (Å²) >= 11 is 1.28. The number of carbonyl (C=O) groups is 2. The summed E-state index contributed by atoms with van der Waals surface area (Å²) in [6, 6.07) is 14.0. The first-order valence-corrected chi connectivity index (χ1v) is 10.1. The topological polar surface area (TPSA) is 119 Å². The van der Waals surface area contributed by atoms with Crippen molar-refractivity contribution in [3.63, 3.8) is 0 Å². The minimum absolute atomic E-state index is 0.141. The highest BCUT2D eigenvalue weighted by Crippen LogP contribution is 2.21. The number of aliphatic hydroxyl groups is 1. The fourth-order valence-corrected chi connectivity index (χ4v) is 3.53. The Balaban J connectivity index is 1.63. The van der Waals surface area contributed by atoms with Crippen LogP contribution >= 0.6 is 11.8 Å². The van der Waals surface area contributed by atoms with Crippen molar-refractivity contribution >= 4 is 29.3 Å². The van der Waals surface area contributed by atoms with Crippen molar-refractivity contribution in [1.82, 2.24) is 9.55 Å².